The number of aromatic nitrogens is 2. The van der Waals surface area contributed by atoms with Crippen LogP contribution in [0, 0.1) is 18.3 Å². The summed E-state index contributed by atoms with van der Waals surface area (Å²) < 4.78 is 6.66. The molecule has 4 heterocycles. The Labute approximate surface area is 185 Å². The molecule has 0 radical (unpaired) electrons. The Kier molecular flexibility index (Phi) is 6.05. The standard InChI is InChI=1S/C23H24N6O3/c1-16-5-3-7-29-20(16)26-21(28-10-8-27(2)9-11-28)19(23(29)31)13-17(14-24)22(30)25-15-18-6-4-12-32-18/h3-7,12-13H,8-11,15H2,1-2H3,(H,25,30). The molecule has 32 heavy (non-hydrogen) atoms. The van der Waals surface area contributed by atoms with E-state index >= 15 is 0 Å². The van der Waals surface area contributed by atoms with E-state index in [1.54, 1.807) is 24.4 Å². The van der Waals surface area contributed by atoms with Gasteiger partial charge in [-0.05, 0) is 43.8 Å². The number of nitrogens with one attached hydrogen (secondary N) is 1. The molecule has 0 spiro atoms. The number of fused-ring (bicyclic) bond motifs is 1. The maximum absolute atomic E-state index is 13.4. The minimum absolute atomic E-state index is 0.143. The van der Waals surface area contributed by atoms with E-state index in [9.17, 15) is 14.9 Å². The van der Waals surface area contributed by atoms with Gasteiger partial charge in [0.15, 0.2) is 0 Å². The Bertz CT molecular complexity index is 1260. The summed E-state index contributed by atoms with van der Waals surface area (Å²) in [6.45, 7) is 5.08. The number of piperazine rings is 1. The van der Waals surface area contributed by atoms with Crippen LogP contribution in [0.2, 0.25) is 0 Å². The molecule has 1 aliphatic heterocycles. The van der Waals surface area contributed by atoms with Gasteiger partial charge in [0.1, 0.15) is 28.9 Å². The van der Waals surface area contributed by atoms with Crippen LogP contribution >= 0.6 is 0 Å². The fourth-order valence-electron chi connectivity index (χ4n) is 3.65. The summed E-state index contributed by atoms with van der Waals surface area (Å²) in [6.07, 6.45) is 4.50. The Morgan fingerprint density at radius 3 is 2.75 bits per heavy atom. The number of carbonyl (C=O) groups is 1. The van der Waals surface area contributed by atoms with Crippen molar-refractivity contribution in [2.75, 3.05) is 38.1 Å². The monoisotopic (exact) mass is 432 g/mol. The molecule has 3 aromatic rings. The van der Waals surface area contributed by atoms with Crippen molar-refractivity contribution in [3.05, 3.63) is 69.5 Å². The summed E-state index contributed by atoms with van der Waals surface area (Å²) in [6, 6.07) is 9.03. The highest BCUT2D eigenvalue weighted by atomic mass is 16.3. The van der Waals surface area contributed by atoms with E-state index < -0.39 is 5.91 Å². The molecule has 1 aliphatic rings. The highest BCUT2D eigenvalue weighted by molar-refractivity contribution is 6.02. The number of hydrogen-bond acceptors (Lipinski definition) is 7. The zero-order valence-corrected chi connectivity index (χ0v) is 18.0. The van der Waals surface area contributed by atoms with E-state index in [4.69, 9.17) is 9.40 Å². The van der Waals surface area contributed by atoms with Gasteiger partial charge in [-0.2, -0.15) is 5.26 Å². The highest BCUT2D eigenvalue weighted by Crippen LogP contribution is 2.21. The summed E-state index contributed by atoms with van der Waals surface area (Å²) in [7, 11) is 2.04. The number of nitriles is 1. The van der Waals surface area contributed by atoms with Crippen molar-refractivity contribution in [1.82, 2.24) is 19.6 Å². The van der Waals surface area contributed by atoms with Gasteiger partial charge in [-0.1, -0.05) is 6.07 Å². The van der Waals surface area contributed by atoms with Gasteiger partial charge in [0, 0.05) is 32.4 Å². The van der Waals surface area contributed by atoms with Crippen LogP contribution in [0.1, 0.15) is 16.9 Å². The molecule has 3 aromatic heterocycles. The van der Waals surface area contributed by atoms with Gasteiger partial charge in [0.25, 0.3) is 11.5 Å². The molecule has 164 valence electrons. The zero-order valence-electron chi connectivity index (χ0n) is 18.0. The van der Waals surface area contributed by atoms with Crippen LogP contribution in [0.4, 0.5) is 5.82 Å². The number of likely N-dealkylation sites (N-methyl/N-ethyl adjacent to an activating group) is 1. The maximum Gasteiger partial charge on any atom is 0.267 e. The Balaban J connectivity index is 1.77. The van der Waals surface area contributed by atoms with Crippen LogP contribution in [-0.4, -0.2) is 53.4 Å². The van der Waals surface area contributed by atoms with Crippen molar-refractivity contribution in [3.63, 3.8) is 0 Å². The molecule has 0 bridgehead atoms. The van der Waals surface area contributed by atoms with Crippen LogP contribution in [0.3, 0.4) is 0 Å². The number of rotatable bonds is 5. The first-order valence-corrected chi connectivity index (χ1v) is 10.4. The van der Waals surface area contributed by atoms with Crippen LogP contribution < -0.4 is 15.8 Å². The second kappa shape index (κ2) is 9.08. The number of amides is 1. The fourth-order valence-corrected chi connectivity index (χ4v) is 3.65. The van der Waals surface area contributed by atoms with Crippen molar-refractivity contribution < 1.29 is 9.21 Å². The lowest BCUT2D eigenvalue weighted by atomic mass is 10.1. The fraction of sp³-hybridized carbons (Fsp3) is 0.304. The lowest BCUT2D eigenvalue weighted by Gasteiger charge is -2.34. The first-order chi connectivity index (χ1) is 15.5. The van der Waals surface area contributed by atoms with E-state index in [1.165, 1.54) is 16.7 Å². The van der Waals surface area contributed by atoms with Gasteiger partial charge in [-0.15, -0.1) is 0 Å². The maximum atomic E-state index is 13.4. The van der Waals surface area contributed by atoms with Crippen molar-refractivity contribution >= 4 is 23.4 Å². The minimum atomic E-state index is -0.582. The molecule has 0 aromatic carbocycles. The summed E-state index contributed by atoms with van der Waals surface area (Å²) in [4.78, 5) is 35.1. The van der Waals surface area contributed by atoms with Crippen molar-refractivity contribution in [3.8, 4) is 6.07 Å². The molecule has 1 amide bonds. The van der Waals surface area contributed by atoms with E-state index in [0.29, 0.717) is 30.3 Å². The lowest BCUT2D eigenvalue weighted by Crippen LogP contribution is -2.45. The molecule has 9 heteroatoms. The number of aryl methyl sites for hydroxylation is 1. The van der Waals surface area contributed by atoms with E-state index in [1.807, 2.05) is 31.0 Å². The highest BCUT2D eigenvalue weighted by Gasteiger charge is 2.23. The van der Waals surface area contributed by atoms with Crippen LogP contribution in [0.15, 0.2) is 51.5 Å². The minimum Gasteiger partial charge on any atom is -0.467 e. The topological polar surface area (TPSA) is 107 Å². The molecular weight excluding hydrogens is 408 g/mol. The summed E-state index contributed by atoms with van der Waals surface area (Å²) in [5.74, 6) is 0.475. The number of pyridine rings is 1. The third-order valence-electron chi connectivity index (χ3n) is 5.52. The number of nitrogens with zero attached hydrogens (tertiary/aromatic N) is 5. The van der Waals surface area contributed by atoms with Crippen molar-refractivity contribution in [2.24, 2.45) is 0 Å². The molecule has 0 atom stereocenters. The average molecular weight is 432 g/mol. The number of furan rings is 1. The molecule has 0 aliphatic carbocycles. The largest absolute Gasteiger partial charge is 0.467 e. The average Bonchev–Trinajstić information content (AvgIpc) is 3.32. The van der Waals surface area contributed by atoms with Crippen LogP contribution in [0.5, 0.6) is 0 Å². The summed E-state index contributed by atoms with van der Waals surface area (Å²) in [5.41, 5.74) is 1.16. The quantitative estimate of drug-likeness (QED) is 0.482. The SMILES string of the molecule is Cc1cccn2c(=O)c(C=C(C#N)C(=O)NCc3ccco3)c(N3CCN(C)CC3)nc12. The predicted octanol–water partition coefficient (Wildman–Crippen LogP) is 1.57. The number of hydrogen-bond donors (Lipinski definition) is 1. The molecule has 0 unspecified atom stereocenters. The predicted molar refractivity (Wildman–Crippen MR) is 120 cm³/mol. The first kappa shape index (κ1) is 21.3. The third-order valence-corrected chi connectivity index (χ3v) is 5.52. The molecule has 1 N–H and O–H groups in total. The smallest absolute Gasteiger partial charge is 0.267 e. The van der Waals surface area contributed by atoms with Gasteiger partial charge in [-0.3, -0.25) is 14.0 Å². The molecule has 0 saturated carbocycles. The normalized spacial score (nSPS) is 15.0. The molecule has 1 saturated heterocycles. The van der Waals surface area contributed by atoms with Crippen molar-refractivity contribution in [2.45, 2.75) is 13.5 Å². The second-order valence-corrected chi connectivity index (χ2v) is 7.76. The van der Waals surface area contributed by atoms with Crippen LogP contribution in [-0.2, 0) is 11.3 Å². The zero-order chi connectivity index (χ0) is 22.7. The van der Waals surface area contributed by atoms with Gasteiger partial charge in [0.05, 0.1) is 18.4 Å². The molecule has 1 fully saturated rings. The second-order valence-electron chi connectivity index (χ2n) is 7.76. The van der Waals surface area contributed by atoms with Crippen LogP contribution in [0.25, 0.3) is 11.7 Å². The Morgan fingerprint density at radius 1 is 1.28 bits per heavy atom. The lowest BCUT2D eigenvalue weighted by molar-refractivity contribution is -0.117. The van der Waals surface area contributed by atoms with E-state index in [-0.39, 0.29) is 23.2 Å². The third kappa shape index (κ3) is 4.26. The molecule has 9 nitrogen and oxygen atoms in total. The molecule has 4 rings (SSSR count). The number of carbonyl (C=O) groups excluding carboxylic acids is 1. The van der Waals surface area contributed by atoms with Gasteiger partial charge in [-0.25, -0.2) is 4.98 Å². The Morgan fingerprint density at radius 2 is 2.06 bits per heavy atom. The number of anilines is 1. The van der Waals surface area contributed by atoms with Crippen molar-refractivity contribution in [1.29, 1.82) is 5.26 Å². The first-order valence-electron chi connectivity index (χ1n) is 10.4. The summed E-state index contributed by atoms with van der Waals surface area (Å²) in [5, 5.41) is 12.3. The van der Waals surface area contributed by atoms with Gasteiger partial charge in [0.2, 0.25) is 0 Å². The van der Waals surface area contributed by atoms with E-state index in [2.05, 4.69) is 10.2 Å². The van der Waals surface area contributed by atoms with E-state index in [0.717, 1.165) is 18.7 Å². The Hall–Kier alpha value is -3.90. The van der Waals surface area contributed by atoms with Gasteiger partial charge < -0.3 is 19.5 Å². The summed E-state index contributed by atoms with van der Waals surface area (Å²) >= 11 is 0. The molecular formula is C23H24N6O3. The van der Waals surface area contributed by atoms with Gasteiger partial charge >= 0.3 is 0 Å².